The maximum atomic E-state index is 11.7. The highest BCUT2D eigenvalue weighted by Crippen LogP contribution is 2.18. The van der Waals surface area contributed by atoms with Gasteiger partial charge in [0.05, 0.1) is 0 Å². The van der Waals surface area contributed by atoms with E-state index < -0.39 is 6.18 Å². The molecule has 0 bridgehead atoms. The van der Waals surface area contributed by atoms with Gasteiger partial charge in [0.25, 0.3) is 0 Å². The molecule has 1 nitrogen and oxygen atoms in total. The molecule has 0 saturated carbocycles. The van der Waals surface area contributed by atoms with Crippen LogP contribution >= 0.6 is 0 Å². The zero-order valence-corrected chi connectivity index (χ0v) is 7.08. The lowest BCUT2D eigenvalue weighted by Crippen LogP contribution is -2.00. The van der Waals surface area contributed by atoms with Crippen molar-refractivity contribution in [3.05, 3.63) is 41.5 Å². The van der Waals surface area contributed by atoms with Crippen LogP contribution in [0.1, 0.15) is 15.9 Å². The van der Waals surface area contributed by atoms with Crippen LogP contribution in [-0.2, 0) is 0 Å². The minimum atomic E-state index is -4.30. The van der Waals surface area contributed by atoms with Crippen molar-refractivity contribution in [2.75, 3.05) is 0 Å². The molecule has 0 aliphatic carbocycles. The zero-order valence-electron chi connectivity index (χ0n) is 7.08. The van der Waals surface area contributed by atoms with Crippen LogP contribution in [0.25, 0.3) is 6.08 Å². The molecule has 0 N–H and O–H groups in total. The fourth-order valence-corrected chi connectivity index (χ4v) is 0.876. The van der Waals surface area contributed by atoms with Crippen LogP contribution in [0.4, 0.5) is 13.2 Å². The molecule has 1 aromatic rings. The molecule has 1 aromatic carbocycles. The van der Waals surface area contributed by atoms with E-state index in [-0.39, 0.29) is 6.08 Å². The van der Waals surface area contributed by atoms with Crippen molar-refractivity contribution in [2.45, 2.75) is 6.18 Å². The third kappa shape index (κ3) is 3.43. The molecular weight excluding hydrogens is 193 g/mol. The van der Waals surface area contributed by atoms with Crippen LogP contribution in [0.2, 0.25) is 0 Å². The molecule has 0 fully saturated rings. The minimum absolute atomic E-state index is 0.156. The molecule has 0 aromatic heterocycles. The Bertz CT molecular complexity index is 335. The summed E-state index contributed by atoms with van der Waals surface area (Å²) in [5, 5.41) is 0. The Morgan fingerprint density at radius 3 is 1.93 bits per heavy atom. The van der Waals surface area contributed by atoms with Crippen molar-refractivity contribution in [2.24, 2.45) is 0 Å². The first-order chi connectivity index (χ1) is 6.51. The van der Waals surface area contributed by atoms with Gasteiger partial charge in [-0.3, -0.25) is 4.79 Å². The van der Waals surface area contributed by atoms with E-state index in [0.29, 0.717) is 17.4 Å². The van der Waals surface area contributed by atoms with Gasteiger partial charge in [-0.05, 0) is 5.56 Å². The Morgan fingerprint density at radius 1 is 1.00 bits per heavy atom. The number of alkyl halides is 3. The normalized spacial score (nSPS) is 11.9. The van der Waals surface area contributed by atoms with Crippen molar-refractivity contribution >= 4 is 12.4 Å². The lowest BCUT2D eigenvalue weighted by molar-refractivity contribution is -0.0790. The first-order valence-corrected chi connectivity index (χ1v) is 3.82. The number of carbonyl (C=O) groups excluding carboxylic acids is 1. The fraction of sp³-hybridized carbons (Fsp3) is 0.100. The molecule has 74 valence electrons. The van der Waals surface area contributed by atoms with Gasteiger partial charge in [-0.2, -0.15) is 13.2 Å². The number of carbonyl (C=O) groups is 1. The number of hydrogen-bond acceptors (Lipinski definition) is 1. The van der Waals surface area contributed by atoms with E-state index in [1.807, 2.05) is 0 Å². The summed E-state index contributed by atoms with van der Waals surface area (Å²) in [6.07, 6.45) is -2.56. The van der Waals surface area contributed by atoms with E-state index in [0.717, 1.165) is 6.08 Å². The summed E-state index contributed by atoms with van der Waals surface area (Å²) in [5.74, 6) is 0. The molecule has 0 heterocycles. The maximum Gasteiger partial charge on any atom is 0.409 e. The number of allylic oxidation sites excluding steroid dienone is 1. The Balaban J connectivity index is 2.78. The number of aldehydes is 1. The lowest BCUT2D eigenvalue weighted by atomic mass is 10.1. The largest absolute Gasteiger partial charge is 0.409 e. The Kier molecular flexibility index (Phi) is 3.06. The molecule has 0 saturated heterocycles. The summed E-state index contributed by atoms with van der Waals surface area (Å²) in [6, 6.07) is 5.82. The minimum Gasteiger partial charge on any atom is -0.298 e. The van der Waals surface area contributed by atoms with E-state index >= 15 is 0 Å². The average molecular weight is 200 g/mol. The number of halogens is 3. The van der Waals surface area contributed by atoms with Crippen LogP contribution in [0.5, 0.6) is 0 Å². The van der Waals surface area contributed by atoms with E-state index in [2.05, 4.69) is 0 Å². The standard InChI is InChI=1S/C10H7F3O/c11-10(12,13)6-5-8-1-3-9(7-14)4-2-8/h1-7H/b6-5+. The molecule has 0 aliphatic heterocycles. The van der Waals surface area contributed by atoms with Gasteiger partial charge >= 0.3 is 6.18 Å². The Labute approximate surface area is 78.9 Å². The summed E-state index contributed by atoms with van der Waals surface area (Å²) in [4.78, 5) is 10.2. The number of benzene rings is 1. The van der Waals surface area contributed by atoms with E-state index in [1.165, 1.54) is 24.3 Å². The molecule has 0 unspecified atom stereocenters. The second kappa shape index (κ2) is 4.09. The highest BCUT2D eigenvalue weighted by atomic mass is 19.4. The van der Waals surface area contributed by atoms with Crippen molar-refractivity contribution < 1.29 is 18.0 Å². The van der Waals surface area contributed by atoms with Crippen LogP contribution in [-0.4, -0.2) is 12.5 Å². The predicted octanol–water partition coefficient (Wildman–Crippen LogP) is 3.07. The van der Waals surface area contributed by atoms with Gasteiger partial charge in [0.1, 0.15) is 6.29 Å². The molecule has 0 atom stereocenters. The monoisotopic (exact) mass is 200 g/mol. The van der Waals surface area contributed by atoms with Crippen LogP contribution in [0, 0.1) is 0 Å². The molecule has 1 rings (SSSR count). The van der Waals surface area contributed by atoms with Gasteiger partial charge in [0.2, 0.25) is 0 Å². The van der Waals surface area contributed by atoms with Gasteiger partial charge in [0.15, 0.2) is 0 Å². The maximum absolute atomic E-state index is 11.7. The SMILES string of the molecule is O=Cc1ccc(/C=C/C(F)(F)F)cc1. The third-order valence-corrected chi connectivity index (χ3v) is 1.54. The molecule has 0 aliphatic rings. The quantitative estimate of drug-likeness (QED) is 0.670. The van der Waals surface area contributed by atoms with Crippen molar-refractivity contribution in [1.82, 2.24) is 0 Å². The molecular formula is C10H7F3O. The second-order valence-electron chi connectivity index (χ2n) is 2.66. The Morgan fingerprint density at radius 2 is 1.50 bits per heavy atom. The third-order valence-electron chi connectivity index (χ3n) is 1.54. The van der Waals surface area contributed by atoms with Gasteiger partial charge < -0.3 is 0 Å². The molecule has 0 radical (unpaired) electrons. The molecule has 0 amide bonds. The summed E-state index contributed by atoms with van der Waals surface area (Å²) in [7, 11) is 0. The highest BCUT2D eigenvalue weighted by Gasteiger charge is 2.21. The summed E-state index contributed by atoms with van der Waals surface area (Å²) >= 11 is 0. The summed E-state index contributed by atoms with van der Waals surface area (Å²) < 4.78 is 35.2. The zero-order chi connectivity index (χ0) is 10.6. The number of hydrogen-bond donors (Lipinski definition) is 0. The summed E-state index contributed by atoms with van der Waals surface area (Å²) in [6.45, 7) is 0. The number of rotatable bonds is 2. The average Bonchev–Trinajstić information content (AvgIpc) is 2.14. The Hall–Kier alpha value is -1.58. The predicted molar refractivity (Wildman–Crippen MR) is 46.9 cm³/mol. The highest BCUT2D eigenvalue weighted by molar-refractivity contribution is 5.75. The van der Waals surface area contributed by atoms with Gasteiger partial charge in [0, 0.05) is 11.6 Å². The van der Waals surface area contributed by atoms with E-state index in [4.69, 9.17) is 0 Å². The fourth-order valence-electron chi connectivity index (χ4n) is 0.876. The summed E-state index contributed by atoms with van der Waals surface area (Å²) in [5.41, 5.74) is 0.849. The van der Waals surface area contributed by atoms with Gasteiger partial charge in [-0.15, -0.1) is 0 Å². The lowest BCUT2D eigenvalue weighted by Gasteiger charge is -1.98. The van der Waals surface area contributed by atoms with Crippen molar-refractivity contribution in [3.63, 3.8) is 0 Å². The van der Waals surface area contributed by atoms with Crippen LogP contribution in [0.15, 0.2) is 30.3 Å². The van der Waals surface area contributed by atoms with Gasteiger partial charge in [-0.25, -0.2) is 0 Å². The van der Waals surface area contributed by atoms with Crippen molar-refractivity contribution in [3.8, 4) is 0 Å². The second-order valence-corrected chi connectivity index (χ2v) is 2.66. The first-order valence-electron chi connectivity index (χ1n) is 3.82. The van der Waals surface area contributed by atoms with Gasteiger partial charge in [-0.1, -0.05) is 30.3 Å². The first kappa shape index (κ1) is 10.5. The molecule has 14 heavy (non-hydrogen) atoms. The van der Waals surface area contributed by atoms with Crippen LogP contribution in [0.3, 0.4) is 0 Å². The topological polar surface area (TPSA) is 17.1 Å². The molecule has 0 spiro atoms. The van der Waals surface area contributed by atoms with Crippen LogP contribution < -0.4 is 0 Å². The molecule has 4 heteroatoms. The van der Waals surface area contributed by atoms with E-state index in [1.54, 1.807) is 0 Å². The smallest absolute Gasteiger partial charge is 0.298 e. The van der Waals surface area contributed by atoms with E-state index in [9.17, 15) is 18.0 Å². The van der Waals surface area contributed by atoms with Crippen molar-refractivity contribution in [1.29, 1.82) is 0 Å².